The summed E-state index contributed by atoms with van der Waals surface area (Å²) in [5.41, 5.74) is 2.15. The van der Waals surface area contributed by atoms with Crippen molar-refractivity contribution in [2.24, 2.45) is 0 Å². The lowest BCUT2D eigenvalue weighted by molar-refractivity contribution is -0.386. The molecule has 0 fully saturated rings. The minimum atomic E-state index is -1.32. The van der Waals surface area contributed by atoms with E-state index < -0.39 is 35.2 Å². The number of benzene rings is 3. The van der Waals surface area contributed by atoms with Crippen molar-refractivity contribution in [2.75, 3.05) is 0 Å². The molecule has 0 aliphatic rings. The Morgan fingerprint density at radius 3 is 1.86 bits per heavy atom. The van der Waals surface area contributed by atoms with E-state index in [0.29, 0.717) is 11.1 Å². The van der Waals surface area contributed by atoms with Crippen molar-refractivity contribution in [3.8, 4) is 0 Å². The van der Waals surface area contributed by atoms with Crippen molar-refractivity contribution in [3.63, 3.8) is 0 Å². The van der Waals surface area contributed by atoms with Crippen LogP contribution in [-0.2, 0) is 32.3 Å². The highest BCUT2D eigenvalue weighted by Crippen LogP contribution is 2.24. The number of nitrogens with one attached hydrogen (secondary N) is 1. The third-order valence-corrected chi connectivity index (χ3v) is 5.36. The van der Waals surface area contributed by atoms with Gasteiger partial charge in [0.15, 0.2) is 0 Å². The SMILES string of the molecule is Cc1cc(C(=O)N[C@@H](CC(=O)OCc2ccccc2)C(=O)OCc2ccccc2)cc(C)c1[N+](=O)[O-]. The highest BCUT2D eigenvalue weighted by atomic mass is 16.6. The Hall–Kier alpha value is -4.53. The van der Waals surface area contributed by atoms with Gasteiger partial charge in [-0.25, -0.2) is 4.79 Å². The van der Waals surface area contributed by atoms with Crippen LogP contribution in [0.5, 0.6) is 0 Å². The van der Waals surface area contributed by atoms with Crippen molar-refractivity contribution in [1.82, 2.24) is 5.32 Å². The molecule has 1 atom stereocenters. The lowest BCUT2D eigenvalue weighted by atomic mass is 10.0. The molecule has 9 nitrogen and oxygen atoms in total. The Balaban J connectivity index is 1.73. The molecule has 3 aromatic carbocycles. The summed E-state index contributed by atoms with van der Waals surface area (Å²) in [7, 11) is 0. The number of carbonyl (C=O) groups excluding carboxylic acids is 3. The van der Waals surface area contributed by atoms with Gasteiger partial charge < -0.3 is 14.8 Å². The summed E-state index contributed by atoms with van der Waals surface area (Å²) < 4.78 is 10.6. The second-order valence-electron chi connectivity index (χ2n) is 8.19. The summed E-state index contributed by atoms with van der Waals surface area (Å²) in [6.07, 6.45) is -0.447. The van der Waals surface area contributed by atoms with Gasteiger partial charge in [-0.15, -0.1) is 0 Å². The minimum absolute atomic E-state index is 0.0140. The molecular formula is C27H26N2O7. The van der Waals surface area contributed by atoms with Crippen LogP contribution in [0.15, 0.2) is 72.8 Å². The Morgan fingerprint density at radius 1 is 0.861 bits per heavy atom. The molecule has 0 radical (unpaired) electrons. The molecule has 1 N–H and O–H groups in total. The summed E-state index contributed by atoms with van der Waals surface area (Å²) in [4.78, 5) is 49.0. The van der Waals surface area contributed by atoms with Gasteiger partial charge in [-0.2, -0.15) is 0 Å². The maximum atomic E-state index is 12.9. The van der Waals surface area contributed by atoms with Gasteiger partial charge >= 0.3 is 11.9 Å². The standard InChI is InChI=1S/C27H26N2O7/c1-18-13-22(14-19(2)25(18)29(33)34)26(31)28-23(27(32)36-17-21-11-7-4-8-12-21)15-24(30)35-16-20-9-5-3-6-10-20/h3-14,23H,15-17H2,1-2H3,(H,28,31)/t23-/m0/s1. The molecule has 0 saturated carbocycles. The fourth-order valence-electron chi connectivity index (χ4n) is 3.60. The molecule has 186 valence electrons. The molecule has 1 amide bonds. The zero-order chi connectivity index (χ0) is 26.1. The van der Waals surface area contributed by atoms with Crippen LogP contribution in [0, 0.1) is 24.0 Å². The van der Waals surface area contributed by atoms with Gasteiger partial charge in [-0.05, 0) is 37.1 Å². The van der Waals surface area contributed by atoms with Crippen LogP contribution in [0.25, 0.3) is 0 Å². The number of hydrogen-bond donors (Lipinski definition) is 1. The smallest absolute Gasteiger partial charge is 0.329 e. The first-order valence-corrected chi connectivity index (χ1v) is 11.2. The van der Waals surface area contributed by atoms with Crippen LogP contribution in [0.1, 0.15) is 39.0 Å². The van der Waals surface area contributed by atoms with E-state index in [1.165, 1.54) is 26.0 Å². The first-order valence-electron chi connectivity index (χ1n) is 11.2. The predicted molar refractivity (Wildman–Crippen MR) is 131 cm³/mol. The molecule has 9 heteroatoms. The number of nitrogens with zero attached hydrogens (tertiary/aromatic N) is 1. The Morgan fingerprint density at radius 2 is 1.36 bits per heavy atom. The maximum absolute atomic E-state index is 12.9. The molecule has 0 aliphatic heterocycles. The first kappa shape index (κ1) is 26.1. The van der Waals surface area contributed by atoms with Gasteiger partial charge in [-0.1, -0.05) is 60.7 Å². The molecule has 0 unspecified atom stereocenters. The second-order valence-corrected chi connectivity index (χ2v) is 8.19. The van der Waals surface area contributed by atoms with Crippen LogP contribution in [0.2, 0.25) is 0 Å². The molecular weight excluding hydrogens is 464 g/mol. The van der Waals surface area contributed by atoms with Crippen LogP contribution < -0.4 is 5.32 Å². The maximum Gasteiger partial charge on any atom is 0.329 e. The number of carbonyl (C=O) groups is 3. The highest BCUT2D eigenvalue weighted by molar-refractivity contribution is 5.98. The summed E-state index contributed by atoms with van der Waals surface area (Å²) in [6.45, 7) is 3.02. The van der Waals surface area contributed by atoms with Crippen molar-refractivity contribution >= 4 is 23.5 Å². The van der Waals surface area contributed by atoms with Gasteiger partial charge in [0.1, 0.15) is 19.3 Å². The number of nitro groups is 1. The van der Waals surface area contributed by atoms with E-state index in [2.05, 4.69) is 5.32 Å². The monoisotopic (exact) mass is 490 g/mol. The Bertz CT molecular complexity index is 1220. The van der Waals surface area contributed by atoms with E-state index in [1.54, 1.807) is 48.5 Å². The molecule has 3 aromatic rings. The number of aryl methyl sites for hydroxylation is 2. The molecule has 0 spiro atoms. The average molecular weight is 491 g/mol. The van der Waals surface area contributed by atoms with Crippen molar-refractivity contribution in [1.29, 1.82) is 0 Å². The highest BCUT2D eigenvalue weighted by Gasteiger charge is 2.28. The molecule has 0 heterocycles. The van der Waals surface area contributed by atoms with Gasteiger partial charge in [-0.3, -0.25) is 19.7 Å². The Labute approximate surface area is 208 Å². The number of amides is 1. The first-order chi connectivity index (χ1) is 17.2. The summed E-state index contributed by atoms with van der Waals surface area (Å²) in [6, 6.07) is 19.4. The molecule has 0 saturated heterocycles. The third kappa shape index (κ3) is 7.23. The third-order valence-electron chi connectivity index (χ3n) is 5.36. The van der Waals surface area contributed by atoms with Crippen LogP contribution >= 0.6 is 0 Å². The van der Waals surface area contributed by atoms with Crippen LogP contribution in [0.4, 0.5) is 5.69 Å². The van der Waals surface area contributed by atoms with E-state index in [-0.39, 0.29) is 24.5 Å². The zero-order valence-electron chi connectivity index (χ0n) is 19.9. The largest absolute Gasteiger partial charge is 0.461 e. The lowest BCUT2D eigenvalue weighted by Crippen LogP contribution is -2.43. The summed E-state index contributed by atoms with van der Waals surface area (Å²) in [5.74, 6) is -2.18. The van der Waals surface area contributed by atoms with E-state index in [1.807, 2.05) is 12.1 Å². The van der Waals surface area contributed by atoms with Crippen molar-refractivity contribution in [3.05, 3.63) is 111 Å². The number of nitro benzene ring substituents is 1. The summed E-state index contributed by atoms with van der Waals surface area (Å²) in [5, 5.41) is 13.8. The Kier molecular flexibility index (Phi) is 8.88. The fraction of sp³-hybridized carbons (Fsp3) is 0.222. The fourth-order valence-corrected chi connectivity index (χ4v) is 3.60. The molecule has 0 bridgehead atoms. The number of ether oxygens (including phenoxy) is 2. The zero-order valence-corrected chi connectivity index (χ0v) is 19.9. The van der Waals surface area contributed by atoms with Crippen LogP contribution in [0.3, 0.4) is 0 Å². The van der Waals surface area contributed by atoms with Gasteiger partial charge in [0.2, 0.25) is 0 Å². The number of hydrogen-bond acceptors (Lipinski definition) is 7. The van der Waals surface area contributed by atoms with Crippen molar-refractivity contribution < 1.29 is 28.8 Å². The van der Waals surface area contributed by atoms with Gasteiger partial charge in [0.25, 0.3) is 11.6 Å². The minimum Gasteiger partial charge on any atom is -0.461 e. The number of esters is 2. The average Bonchev–Trinajstić information content (AvgIpc) is 2.86. The lowest BCUT2D eigenvalue weighted by Gasteiger charge is -2.18. The van der Waals surface area contributed by atoms with Gasteiger partial charge in [0.05, 0.1) is 11.3 Å². The number of rotatable bonds is 10. The predicted octanol–water partition coefficient (Wildman–Crippen LogP) is 4.19. The normalized spacial score (nSPS) is 11.3. The van der Waals surface area contributed by atoms with E-state index >= 15 is 0 Å². The molecule has 0 aromatic heterocycles. The topological polar surface area (TPSA) is 125 Å². The molecule has 36 heavy (non-hydrogen) atoms. The van der Waals surface area contributed by atoms with E-state index in [4.69, 9.17) is 9.47 Å². The van der Waals surface area contributed by atoms with Crippen molar-refractivity contribution in [2.45, 2.75) is 39.5 Å². The second kappa shape index (κ2) is 12.3. The van der Waals surface area contributed by atoms with E-state index in [9.17, 15) is 24.5 Å². The summed E-state index contributed by atoms with van der Waals surface area (Å²) >= 11 is 0. The van der Waals surface area contributed by atoms with E-state index in [0.717, 1.165) is 11.1 Å². The van der Waals surface area contributed by atoms with Crippen LogP contribution in [-0.4, -0.2) is 28.8 Å². The van der Waals surface area contributed by atoms with Gasteiger partial charge in [0, 0.05) is 16.7 Å². The molecule has 3 rings (SSSR count). The molecule has 0 aliphatic carbocycles. The quantitative estimate of drug-likeness (QED) is 0.257.